The third-order valence-corrected chi connectivity index (χ3v) is 3.27. The van der Waals surface area contributed by atoms with Crippen molar-refractivity contribution in [2.45, 2.75) is 32.9 Å². The van der Waals surface area contributed by atoms with Crippen LogP contribution in [0.15, 0.2) is 36.7 Å². The van der Waals surface area contributed by atoms with Crippen molar-refractivity contribution < 1.29 is 9.13 Å². The minimum atomic E-state index is -0.221. The molecule has 2 rings (SSSR count). The molecule has 1 atom stereocenters. The summed E-state index contributed by atoms with van der Waals surface area (Å²) in [6, 6.07) is 6.75. The van der Waals surface area contributed by atoms with Gasteiger partial charge in [-0.25, -0.2) is 4.39 Å². The van der Waals surface area contributed by atoms with Crippen LogP contribution in [0.25, 0.3) is 0 Å². The van der Waals surface area contributed by atoms with Gasteiger partial charge in [-0.05, 0) is 62.7 Å². The minimum absolute atomic E-state index is 0.0474. The van der Waals surface area contributed by atoms with E-state index in [-0.39, 0.29) is 18.0 Å². The Hall–Kier alpha value is -1.94. The molecule has 3 nitrogen and oxygen atoms in total. The SMILES string of the molecule is CNC(c1cncc(OC(C)C)c1)c1ccc(F)cc1C. The van der Waals surface area contributed by atoms with Crippen LogP contribution in [0.4, 0.5) is 4.39 Å². The number of benzene rings is 1. The Morgan fingerprint density at radius 3 is 2.57 bits per heavy atom. The van der Waals surface area contributed by atoms with Crippen molar-refractivity contribution in [3.63, 3.8) is 0 Å². The van der Waals surface area contributed by atoms with Gasteiger partial charge in [0.1, 0.15) is 11.6 Å². The molecule has 4 heteroatoms. The number of ether oxygens (including phenoxy) is 1. The number of nitrogens with one attached hydrogen (secondary N) is 1. The van der Waals surface area contributed by atoms with Gasteiger partial charge in [-0.2, -0.15) is 0 Å². The van der Waals surface area contributed by atoms with Crippen LogP contribution in [-0.4, -0.2) is 18.1 Å². The third kappa shape index (κ3) is 3.79. The molecule has 0 spiro atoms. The normalized spacial score (nSPS) is 12.5. The second-order valence-electron chi connectivity index (χ2n) is 5.34. The van der Waals surface area contributed by atoms with Crippen molar-refractivity contribution in [2.24, 2.45) is 0 Å². The molecule has 1 unspecified atom stereocenters. The Labute approximate surface area is 125 Å². The van der Waals surface area contributed by atoms with Crippen LogP contribution in [0.1, 0.15) is 36.6 Å². The van der Waals surface area contributed by atoms with E-state index in [0.29, 0.717) is 0 Å². The third-order valence-electron chi connectivity index (χ3n) is 3.27. The standard InChI is InChI=1S/C17H21FN2O/c1-11(2)21-15-8-13(9-20-10-15)17(19-4)16-6-5-14(18)7-12(16)3/h5-11,17,19H,1-4H3. The zero-order chi connectivity index (χ0) is 15.4. The van der Waals surface area contributed by atoms with Crippen molar-refractivity contribution in [1.29, 1.82) is 0 Å². The van der Waals surface area contributed by atoms with E-state index in [2.05, 4.69) is 10.3 Å². The van der Waals surface area contributed by atoms with E-state index in [1.165, 1.54) is 6.07 Å². The Bertz CT molecular complexity index is 613. The van der Waals surface area contributed by atoms with E-state index in [9.17, 15) is 4.39 Å². The van der Waals surface area contributed by atoms with Crippen LogP contribution in [-0.2, 0) is 0 Å². The summed E-state index contributed by atoms with van der Waals surface area (Å²) in [5, 5.41) is 3.26. The number of halogens is 1. The van der Waals surface area contributed by atoms with Gasteiger partial charge in [0.05, 0.1) is 18.3 Å². The molecule has 0 aliphatic carbocycles. The van der Waals surface area contributed by atoms with Crippen LogP contribution in [0.3, 0.4) is 0 Å². The molecule has 0 fully saturated rings. The predicted octanol–water partition coefficient (Wildman–Crippen LogP) is 3.63. The minimum Gasteiger partial charge on any atom is -0.489 e. The van der Waals surface area contributed by atoms with Crippen molar-refractivity contribution >= 4 is 0 Å². The molecule has 0 amide bonds. The molecule has 1 aromatic heterocycles. The number of aromatic nitrogens is 1. The van der Waals surface area contributed by atoms with Gasteiger partial charge < -0.3 is 10.1 Å². The number of hydrogen-bond donors (Lipinski definition) is 1. The van der Waals surface area contributed by atoms with Gasteiger partial charge in [-0.15, -0.1) is 0 Å². The fourth-order valence-electron chi connectivity index (χ4n) is 2.39. The lowest BCUT2D eigenvalue weighted by atomic mass is 9.96. The van der Waals surface area contributed by atoms with Gasteiger partial charge in [0.15, 0.2) is 0 Å². The van der Waals surface area contributed by atoms with Crippen LogP contribution in [0.2, 0.25) is 0 Å². The first kappa shape index (κ1) is 15.4. The summed E-state index contributed by atoms with van der Waals surface area (Å²) in [7, 11) is 1.88. The number of nitrogens with zero attached hydrogens (tertiary/aromatic N) is 1. The van der Waals surface area contributed by atoms with Gasteiger partial charge in [-0.3, -0.25) is 4.98 Å². The number of pyridine rings is 1. The van der Waals surface area contributed by atoms with Crippen LogP contribution in [0, 0.1) is 12.7 Å². The van der Waals surface area contributed by atoms with Crippen LogP contribution >= 0.6 is 0 Å². The topological polar surface area (TPSA) is 34.2 Å². The van der Waals surface area contributed by atoms with E-state index < -0.39 is 0 Å². The van der Waals surface area contributed by atoms with Crippen LogP contribution in [0.5, 0.6) is 5.75 Å². The zero-order valence-electron chi connectivity index (χ0n) is 12.9. The molecule has 1 heterocycles. The van der Waals surface area contributed by atoms with Crippen LogP contribution < -0.4 is 10.1 Å². The van der Waals surface area contributed by atoms with E-state index in [4.69, 9.17) is 4.74 Å². The molecule has 21 heavy (non-hydrogen) atoms. The highest BCUT2D eigenvalue weighted by Gasteiger charge is 2.16. The summed E-state index contributed by atoms with van der Waals surface area (Å²) in [5.74, 6) is 0.517. The number of rotatable bonds is 5. The fourth-order valence-corrected chi connectivity index (χ4v) is 2.39. The van der Waals surface area contributed by atoms with Gasteiger partial charge in [0, 0.05) is 6.20 Å². The molecule has 2 aromatic rings. The summed E-state index contributed by atoms with van der Waals surface area (Å²) in [4.78, 5) is 4.24. The van der Waals surface area contributed by atoms with Crippen molar-refractivity contribution in [2.75, 3.05) is 7.05 Å². The molecular formula is C17H21FN2O. The van der Waals surface area contributed by atoms with E-state index in [0.717, 1.165) is 22.4 Å². The quantitative estimate of drug-likeness (QED) is 0.912. The van der Waals surface area contributed by atoms with E-state index in [1.54, 1.807) is 18.5 Å². The number of hydrogen-bond acceptors (Lipinski definition) is 3. The first-order valence-corrected chi connectivity index (χ1v) is 7.06. The van der Waals surface area contributed by atoms with Crippen molar-refractivity contribution in [1.82, 2.24) is 10.3 Å². The predicted molar refractivity (Wildman–Crippen MR) is 82.0 cm³/mol. The molecule has 0 aliphatic heterocycles. The maximum Gasteiger partial charge on any atom is 0.138 e. The lowest BCUT2D eigenvalue weighted by Gasteiger charge is -2.20. The van der Waals surface area contributed by atoms with E-state index in [1.807, 2.05) is 40.0 Å². The summed E-state index contributed by atoms with van der Waals surface area (Å²) in [5.41, 5.74) is 2.93. The largest absolute Gasteiger partial charge is 0.489 e. The van der Waals surface area contributed by atoms with Crippen molar-refractivity contribution in [3.8, 4) is 5.75 Å². The average molecular weight is 288 g/mol. The molecule has 112 valence electrons. The molecule has 1 N–H and O–H groups in total. The maximum atomic E-state index is 13.3. The van der Waals surface area contributed by atoms with E-state index >= 15 is 0 Å². The van der Waals surface area contributed by atoms with Gasteiger partial charge in [0.25, 0.3) is 0 Å². The molecule has 0 saturated heterocycles. The molecule has 1 aromatic carbocycles. The summed E-state index contributed by atoms with van der Waals surface area (Å²) in [6.07, 6.45) is 3.60. The first-order valence-electron chi connectivity index (χ1n) is 7.06. The zero-order valence-corrected chi connectivity index (χ0v) is 12.9. The lowest BCUT2D eigenvalue weighted by molar-refractivity contribution is 0.241. The smallest absolute Gasteiger partial charge is 0.138 e. The average Bonchev–Trinajstić information content (AvgIpc) is 2.41. The van der Waals surface area contributed by atoms with Gasteiger partial charge in [-0.1, -0.05) is 6.07 Å². The van der Waals surface area contributed by atoms with Gasteiger partial charge in [0.2, 0.25) is 0 Å². The van der Waals surface area contributed by atoms with Crippen molar-refractivity contribution in [3.05, 3.63) is 59.2 Å². The highest BCUT2D eigenvalue weighted by atomic mass is 19.1. The maximum absolute atomic E-state index is 13.3. The summed E-state index contributed by atoms with van der Waals surface area (Å²) < 4.78 is 19.0. The fraction of sp³-hybridized carbons (Fsp3) is 0.353. The molecule has 0 aliphatic rings. The molecule has 0 bridgehead atoms. The highest BCUT2D eigenvalue weighted by Crippen LogP contribution is 2.27. The second kappa shape index (κ2) is 6.68. The summed E-state index contributed by atoms with van der Waals surface area (Å²) in [6.45, 7) is 5.86. The number of aryl methyl sites for hydroxylation is 1. The molecular weight excluding hydrogens is 267 g/mol. The molecule has 0 radical (unpaired) electrons. The lowest BCUT2D eigenvalue weighted by Crippen LogP contribution is -2.19. The Morgan fingerprint density at radius 2 is 1.95 bits per heavy atom. The van der Waals surface area contributed by atoms with Gasteiger partial charge >= 0.3 is 0 Å². The Morgan fingerprint density at radius 1 is 1.19 bits per heavy atom. The second-order valence-corrected chi connectivity index (χ2v) is 5.34. The Kier molecular flexibility index (Phi) is 4.91. The highest BCUT2D eigenvalue weighted by molar-refractivity contribution is 5.38. The Balaban J connectivity index is 2.37. The summed E-state index contributed by atoms with van der Waals surface area (Å²) >= 11 is 0. The first-order chi connectivity index (χ1) is 10.0. The monoisotopic (exact) mass is 288 g/mol. The molecule has 0 saturated carbocycles.